The molecule has 0 radical (unpaired) electrons. The molecule has 0 heterocycles. The number of benzene rings is 1. The van der Waals surface area contributed by atoms with Crippen LogP contribution in [0.2, 0.25) is 0 Å². The summed E-state index contributed by atoms with van der Waals surface area (Å²) in [4.78, 5) is 0. The largest absolute Gasteiger partial charge is 0.380 e. The number of rotatable bonds is 6. The maximum atomic E-state index is 13.0. The summed E-state index contributed by atoms with van der Waals surface area (Å²) in [6, 6.07) is 6.49. The highest BCUT2D eigenvalue weighted by molar-refractivity contribution is 5.17. The van der Waals surface area contributed by atoms with E-state index >= 15 is 0 Å². The zero-order chi connectivity index (χ0) is 12.0. The van der Waals surface area contributed by atoms with Crippen molar-refractivity contribution in [3.8, 4) is 0 Å². The fraction of sp³-hybridized carbons (Fsp3) is 0.538. The van der Waals surface area contributed by atoms with Gasteiger partial charge in [0, 0.05) is 13.2 Å². The average Bonchev–Trinajstić information content (AvgIpc) is 2.25. The van der Waals surface area contributed by atoms with Crippen molar-refractivity contribution >= 4 is 0 Å². The summed E-state index contributed by atoms with van der Waals surface area (Å²) in [5, 5.41) is 0. The molecule has 0 amide bonds. The Kier molecular flexibility index (Phi) is 5.43. The summed E-state index contributed by atoms with van der Waals surface area (Å²) in [6.07, 6.45) is 2.67. The summed E-state index contributed by atoms with van der Waals surface area (Å²) in [5.41, 5.74) is 6.97. The van der Waals surface area contributed by atoms with Gasteiger partial charge < -0.3 is 10.5 Å². The van der Waals surface area contributed by atoms with Crippen LogP contribution >= 0.6 is 0 Å². The first-order valence-corrected chi connectivity index (χ1v) is 5.70. The Morgan fingerprint density at radius 1 is 1.44 bits per heavy atom. The Labute approximate surface area is 96.6 Å². The third kappa shape index (κ3) is 3.91. The number of hydrogen-bond donors (Lipinski definition) is 1. The molecule has 0 fully saturated rings. The lowest BCUT2D eigenvalue weighted by Crippen LogP contribution is -2.37. The fourth-order valence-electron chi connectivity index (χ4n) is 1.86. The van der Waals surface area contributed by atoms with Crippen molar-refractivity contribution in [2.75, 3.05) is 7.11 Å². The number of nitrogens with two attached hydrogens (primary N) is 1. The smallest absolute Gasteiger partial charge is 0.123 e. The van der Waals surface area contributed by atoms with Crippen molar-refractivity contribution in [1.82, 2.24) is 0 Å². The number of halogens is 1. The molecule has 2 nitrogen and oxygen atoms in total. The molecule has 3 heteroatoms. The van der Waals surface area contributed by atoms with Gasteiger partial charge in [0.15, 0.2) is 0 Å². The highest BCUT2D eigenvalue weighted by Gasteiger charge is 2.16. The monoisotopic (exact) mass is 225 g/mol. The van der Waals surface area contributed by atoms with E-state index in [1.54, 1.807) is 13.2 Å². The van der Waals surface area contributed by atoms with Crippen LogP contribution in [-0.4, -0.2) is 19.3 Å². The third-order valence-corrected chi connectivity index (χ3v) is 2.71. The second-order valence-electron chi connectivity index (χ2n) is 4.06. The lowest BCUT2D eigenvalue weighted by molar-refractivity contribution is 0.0726. The van der Waals surface area contributed by atoms with E-state index < -0.39 is 0 Å². The van der Waals surface area contributed by atoms with Gasteiger partial charge in [-0.2, -0.15) is 0 Å². The summed E-state index contributed by atoms with van der Waals surface area (Å²) in [6.45, 7) is 2.10. The Morgan fingerprint density at radius 3 is 2.75 bits per heavy atom. The molecule has 1 aromatic rings. The zero-order valence-corrected chi connectivity index (χ0v) is 9.95. The maximum Gasteiger partial charge on any atom is 0.123 e. The molecule has 0 spiro atoms. The van der Waals surface area contributed by atoms with Crippen LogP contribution in [0.15, 0.2) is 24.3 Å². The molecule has 1 rings (SSSR count). The number of methoxy groups -OCH3 is 1. The summed E-state index contributed by atoms with van der Waals surface area (Å²) in [5.74, 6) is -0.214. The van der Waals surface area contributed by atoms with E-state index in [9.17, 15) is 4.39 Å². The zero-order valence-electron chi connectivity index (χ0n) is 9.95. The van der Waals surface area contributed by atoms with Gasteiger partial charge in [0.25, 0.3) is 0 Å². The Balaban J connectivity index is 2.58. The van der Waals surface area contributed by atoms with Crippen LogP contribution in [-0.2, 0) is 11.2 Å². The Morgan fingerprint density at radius 2 is 2.19 bits per heavy atom. The molecule has 2 unspecified atom stereocenters. The van der Waals surface area contributed by atoms with E-state index in [0.717, 1.165) is 18.4 Å². The molecule has 0 saturated heterocycles. The molecular formula is C13H20FNO. The third-order valence-electron chi connectivity index (χ3n) is 2.71. The van der Waals surface area contributed by atoms with Gasteiger partial charge in [-0.05, 0) is 30.5 Å². The Bertz CT molecular complexity index is 317. The van der Waals surface area contributed by atoms with E-state index in [2.05, 4.69) is 6.92 Å². The maximum absolute atomic E-state index is 13.0. The molecule has 0 saturated carbocycles. The van der Waals surface area contributed by atoms with Crippen LogP contribution in [0.1, 0.15) is 25.3 Å². The van der Waals surface area contributed by atoms with Crippen molar-refractivity contribution in [2.45, 2.75) is 38.3 Å². The van der Waals surface area contributed by atoms with E-state index in [0.29, 0.717) is 6.42 Å². The van der Waals surface area contributed by atoms with Crippen molar-refractivity contribution in [3.63, 3.8) is 0 Å². The Hall–Kier alpha value is -0.930. The van der Waals surface area contributed by atoms with Crippen LogP contribution in [0.5, 0.6) is 0 Å². The van der Waals surface area contributed by atoms with Gasteiger partial charge in [-0.25, -0.2) is 4.39 Å². The number of ether oxygens (including phenoxy) is 1. The number of hydrogen-bond acceptors (Lipinski definition) is 2. The molecule has 90 valence electrons. The van der Waals surface area contributed by atoms with Crippen molar-refractivity contribution in [2.24, 2.45) is 5.73 Å². The van der Waals surface area contributed by atoms with Gasteiger partial charge in [0.1, 0.15) is 5.82 Å². The minimum atomic E-state index is -0.214. The van der Waals surface area contributed by atoms with E-state index in [1.165, 1.54) is 12.1 Å². The van der Waals surface area contributed by atoms with Crippen LogP contribution in [0.25, 0.3) is 0 Å². The van der Waals surface area contributed by atoms with Crippen LogP contribution in [0.3, 0.4) is 0 Å². The molecule has 0 aliphatic carbocycles. The lowest BCUT2D eigenvalue weighted by atomic mass is 9.99. The van der Waals surface area contributed by atoms with Crippen molar-refractivity contribution < 1.29 is 9.13 Å². The first-order chi connectivity index (χ1) is 7.67. The summed E-state index contributed by atoms with van der Waals surface area (Å²) < 4.78 is 18.3. The average molecular weight is 225 g/mol. The van der Waals surface area contributed by atoms with Crippen LogP contribution in [0, 0.1) is 5.82 Å². The molecule has 1 aromatic carbocycles. The topological polar surface area (TPSA) is 35.2 Å². The van der Waals surface area contributed by atoms with E-state index in [-0.39, 0.29) is 18.0 Å². The van der Waals surface area contributed by atoms with Gasteiger partial charge in [0.2, 0.25) is 0 Å². The minimum absolute atomic E-state index is 0.0493. The molecule has 2 atom stereocenters. The first-order valence-electron chi connectivity index (χ1n) is 5.70. The highest BCUT2D eigenvalue weighted by Crippen LogP contribution is 2.11. The molecule has 16 heavy (non-hydrogen) atoms. The van der Waals surface area contributed by atoms with Gasteiger partial charge in [-0.3, -0.25) is 0 Å². The van der Waals surface area contributed by atoms with Gasteiger partial charge >= 0.3 is 0 Å². The normalized spacial score (nSPS) is 14.8. The fourth-order valence-corrected chi connectivity index (χ4v) is 1.86. The van der Waals surface area contributed by atoms with Crippen LogP contribution in [0.4, 0.5) is 4.39 Å². The van der Waals surface area contributed by atoms with Gasteiger partial charge in [-0.1, -0.05) is 25.5 Å². The predicted molar refractivity (Wildman–Crippen MR) is 63.8 cm³/mol. The first kappa shape index (κ1) is 13.1. The minimum Gasteiger partial charge on any atom is -0.380 e. The van der Waals surface area contributed by atoms with E-state index in [4.69, 9.17) is 10.5 Å². The SMILES string of the molecule is CCCC(OC)C(N)Cc1cccc(F)c1. The highest BCUT2D eigenvalue weighted by atomic mass is 19.1. The quantitative estimate of drug-likeness (QED) is 0.807. The van der Waals surface area contributed by atoms with Crippen LogP contribution < -0.4 is 5.73 Å². The van der Waals surface area contributed by atoms with E-state index in [1.807, 2.05) is 6.07 Å². The van der Waals surface area contributed by atoms with Gasteiger partial charge in [-0.15, -0.1) is 0 Å². The van der Waals surface area contributed by atoms with Crippen molar-refractivity contribution in [1.29, 1.82) is 0 Å². The molecule has 0 aromatic heterocycles. The second-order valence-corrected chi connectivity index (χ2v) is 4.06. The molecule has 0 aliphatic rings. The summed E-state index contributed by atoms with van der Waals surface area (Å²) in [7, 11) is 1.67. The second kappa shape index (κ2) is 6.61. The molecule has 0 bridgehead atoms. The summed E-state index contributed by atoms with van der Waals surface area (Å²) >= 11 is 0. The molecule has 0 aliphatic heterocycles. The standard InChI is InChI=1S/C13H20FNO/c1-3-5-13(16-2)12(15)9-10-6-4-7-11(14)8-10/h4,6-8,12-13H,3,5,9,15H2,1-2H3. The molecule has 2 N–H and O–H groups in total. The lowest BCUT2D eigenvalue weighted by Gasteiger charge is -2.22. The molecular weight excluding hydrogens is 205 g/mol. The predicted octanol–water partition coefficient (Wildman–Crippen LogP) is 2.51. The van der Waals surface area contributed by atoms with Crippen molar-refractivity contribution in [3.05, 3.63) is 35.6 Å². The van der Waals surface area contributed by atoms with Gasteiger partial charge in [0.05, 0.1) is 6.10 Å².